The van der Waals surface area contributed by atoms with Crippen LogP contribution in [0.1, 0.15) is 53.4 Å². The Kier molecular flexibility index (Phi) is 8.16. The Morgan fingerprint density at radius 3 is 2.00 bits per heavy atom. The summed E-state index contributed by atoms with van der Waals surface area (Å²) in [6, 6.07) is -0.485. The summed E-state index contributed by atoms with van der Waals surface area (Å²) < 4.78 is 0. The molecule has 0 radical (unpaired) electrons. The molecule has 0 spiro atoms. The van der Waals surface area contributed by atoms with Crippen LogP contribution in [0.15, 0.2) is 0 Å². The standard InChI is InChI=1S/C13H26N2O3/c1-5-10(6-2)9(4)14-13(18)15-11(7-3)8-12(16)17/h9-11H,5-8H2,1-4H3,(H,16,17)(H2,14,15,18). The summed E-state index contributed by atoms with van der Waals surface area (Å²) in [5.41, 5.74) is 0. The summed E-state index contributed by atoms with van der Waals surface area (Å²) in [7, 11) is 0. The summed E-state index contributed by atoms with van der Waals surface area (Å²) in [6.45, 7) is 8.04. The van der Waals surface area contributed by atoms with Crippen LogP contribution in [0, 0.1) is 5.92 Å². The Morgan fingerprint density at radius 2 is 1.61 bits per heavy atom. The van der Waals surface area contributed by atoms with E-state index in [0.29, 0.717) is 12.3 Å². The Balaban J connectivity index is 4.19. The van der Waals surface area contributed by atoms with Gasteiger partial charge in [-0.05, 0) is 19.3 Å². The molecule has 0 bridgehead atoms. The second-order valence-corrected chi connectivity index (χ2v) is 4.69. The molecule has 0 rings (SSSR count). The van der Waals surface area contributed by atoms with E-state index in [0.717, 1.165) is 12.8 Å². The van der Waals surface area contributed by atoms with Gasteiger partial charge in [-0.25, -0.2) is 4.79 Å². The van der Waals surface area contributed by atoms with Crippen molar-refractivity contribution in [3.8, 4) is 0 Å². The molecule has 0 aliphatic heterocycles. The Labute approximate surface area is 109 Å². The van der Waals surface area contributed by atoms with Crippen LogP contribution < -0.4 is 10.6 Å². The average molecular weight is 258 g/mol. The molecule has 0 aromatic rings. The van der Waals surface area contributed by atoms with Crippen molar-refractivity contribution in [3.05, 3.63) is 0 Å². The molecule has 0 aliphatic rings. The minimum Gasteiger partial charge on any atom is -0.481 e. The molecule has 0 saturated heterocycles. The number of amides is 2. The smallest absolute Gasteiger partial charge is 0.315 e. The Bertz CT molecular complexity index is 265. The molecule has 3 N–H and O–H groups in total. The molecule has 0 aromatic heterocycles. The van der Waals surface area contributed by atoms with Crippen molar-refractivity contribution in [2.24, 2.45) is 5.92 Å². The number of hydrogen-bond donors (Lipinski definition) is 3. The molecule has 2 unspecified atom stereocenters. The van der Waals surface area contributed by atoms with Gasteiger partial charge in [0.2, 0.25) is 0 Å². The molecule has 2 atom stereocenters. The van der Waals surface area contributed by atoms with Crippen molar-refractivity contribution in [1.82, 2.24) is 10.6 Å². The van der Waals surface area contributed by atoms with Gasteiger partial charge in [0.15, 0.2) is 0 Å². The number of rotatable bonds is 8. The van der Waals surface area contributed by atoms with Gasteiger partial charge in [0.1, 0.15) is 0 Å². The van der Waals surface area contributed by atoms with Crippen molar-refractivity contribution in [2.45, 2.75) is 65.5 Å². The number of carbonyl (C=O) groups excluding carboxylic acids is 1. The van der Waals surface area contributed by atoms with E-state index in [-0.39, 0.29) is 24.5 Å². The predicted octanol–water partition coefficient (Wildman–Crippen LogP) is 2.36. The van der Waals surface area contributed by atoms with E-state index in [9.17, 15) is 9.59 Å². The first-order valence-corrected chi connectivity index (χ1v) is 6.73. The van der Waals surface area contributed by atoms with E-state index < -0.39 is 5.97 Å². The molecule has 0 fully saturated rings. The summed E-state index contributed by atoms with van der Waals surface area (Å²) in [4.78, 5) is 22.3. The molecule has 106 valence electrons. The molecule has 0 aromatic carbocycles. The maximum atomic E-state index is 11.7. The normalized spacial score (nSPS) is 14.1. The third-order valence-corrected chi connectivity index (χ3v) is 3.36. The quantitative estimate of drug-likeness (QED) is 0.625. The predicted molar refractivity (Wildman–Crippen MR) is 71.5 cm³/mol. The second-order valence-electron chi connectivity index (χ2n) is 4.69. The number of aliphatic carboxylic acids is 1. The van der Waals surface area contributed by atoms with E-state index in [1.807, 2.05) is 13.8 Å². The minimum absolute atomic E-state index is 0.0384. The maximum Gasteiger partial charge on any atom is 0.315 e. The van der Waals surface area contributed by atoms with Gasteiger partial charge in [-0.3, -0.25) is 4.79 Å². The molecule has 18 heavy (non-hydrogen) atoms. The highest BCUT2D eigenvalue weighted by Crippen LogP contribution is 2.12. The highest BCUT2D eigenvalue weighted by molar-refractivity contribution is 5.76. The Morgan fingerprint density at radius 1 is 1.06 bits per heavy atom. The van der Waals surface area contributed by atoms with Crippen LogP contribution >= 0.6 is 0 Å². The number of carboxylic acid groups (broad SMARTS) is 1. The van der Waals surface area contributed by atoms with Crippen molar-refractivity contribution >= 4 is 12.0 Å². The van der Waals surface area contributed by atoms with E-state index >= 15 is 0 Å². The average Bonchev–Trinajstić information content (AvgIpc) is 2.28. The Hall–Kier alpha value is -1.26. The lowest BCUT2D eigenvalue weighted by molar-refractivity contribution is -0.137. The zero-order valence-electron chi connectivity index (χ0n) is 11.8. The first kappa shape index (κ1) is 16.7. The van der Waals surface area contributed by atoms with E-state index in [1.165, 1.54) is 0 Å². The molecule has 0 aliphatic carbocycles. The molecular weight excluding hydrogens is 232 g/mol. The van der Waals surface area contributed by atoms with Crippen molar-refractivity contribution in [2.75, 3.05) is 0 Å². The van der Waals surface area contributed by atoms with Crippen LogP contribution in [0.5, 0.6) is 0 Å². The van der Waals surface area contributed by atoms with Crippen molar-refractivity contribution in [3.63, 3.8) is 0 Å². The van der Waals surface area contributed by atoms with E-state index in [4.69, 9.17) is 5.11 Å². The number of carbonyl (C=O) groups is 2. The topological polar surface area (TPSA) is 78.4 Å². The van der Waals surface area contributed by atoms with Gasteiger partial charge in [-0.2, -0.15) is 0 Å². The molecular formula is C13H26N2O3. The second kappa shape index (κ2) is 8.78. The lowest BCUT2D eigenvalue weighted by Crippen LogP contribution is -2.47. The SMILES string of the molecule is CCC(CC(=O)O)NC(=O)NC(C)C(CC)CC. The molecule has 5 nitrogen and oxygen atoms in total. The van der Waals surface area contributed by atoms with Crippen LogP contribution in [-0.2, 0) is 4.79 Å². The number of nitrogens with one attached hydrogen (secondary N) is 2. The van der Waals surface area contributed by atoms with Crippen LogP contribution in [0.25, 0.3) is 0 Å². The zero-order valence-corrected chi connectivity index (χ0v) is 11.8. The van der Waals surface area contributed by atoms with Gasteiger partial charge >= 0.3 is 12.0 Å². The summed E-state index contributed by atoms with van der Waals surface area (Å²) in [5, 5.41) is 14.3. The molecule has 2 amide bonds. The van der Waals surface area contributed by atoms with Crippen LogP contribution in [0.4, 0.5) is 4.79 Å². The number of urea groups is 1. The van der Waals surface area contributed by atoms with Gasteiger partial charge in [0, 0.05) is 12.1 Å². The lowest BCUT2D eigenvalue weighted by Gasteiger charge is -2.24. The maximum absolute atomic E-state index is 11.7. The summed E-state index contributed by atoms with van der Waals surface area (Å²) in [5.74, 6) is -0.439. The fourth-order valence-corrected chi connectivity index (χ4v) is 2.06. The van der Waals surface area contributed by atoms with Gasteiger partial charge in [0.05, 0.1) is 6.42 Å². The fourth-order valence-electron chi connectivity index (χ4n) is 2.06. The summed E-state index contributed by atoms with van der Waals surface area (Å²) in [6.07, 6.45) is 2.61. The molecule has 0 heterocycles. The van der Waals surface area contributed by atoms with Crippen LogP contribution in [0.3, 0.4) is 0 Å². The van der Waals surface area contributed by atoms with Gasteiger partial charge in [-0.15, -0.1) is 0 Å². The van der Waals surface area contributed by atoms with Gasteiger partial charge in [0.25, 0.3) is 0 Å². The third kappa shape index (κ3) is 6.47. The molecule has 0 saturated carbocycles. The fraction of sp³-hybridized carbons (Fsp3) is 0.846. The zero-order chi connectivity index (χ0) is 14.1. The largest absolute Gasteiger partial charge is 0.481 e. The minimum atomic E-state index is -0.893. The van der Waals surface area contributed by atoms with Gasteiger partial charge in [-0.1, -0.05) is 33.6 Å². The highest BCUT2D eigenvalue weighted by Gasteiger charge is 2.18. The van der Waals surface area contributed by atoms with Gasteiger partial charge < -0.3 is 15.7 Å². The third-order valence-electron chi connectivity index (χ3n) is 3.36. The van der Waals surface area contributed by atoms with Crippen molar-refractivity contribution < 1.29 is 14.7 Å². The summed E-state index contributed by atoms with van der Waals surface area (Å²) >= 11 is 0. The lowest BCUT2D eigenvalue weighted by atomic mass is 9.96. The number of carboxylic acids is 1. The monoisotopic (exact) mass is 258 g/mol. The van der Waals surface area contributed by atoms with Crippen LogP contribution in [0.2, 0.25) is 0 Å². The number of hydrogen-bond acceptors (Lipinski definition) is 2. The molecule has 5 heteroatoms. The van der Waals surface area contributed by atoms with E-state index in [1.54, 1.807) is 0 Å². The van der Waals surface area contributed by atoms with Crippen LogP contribution in [-0.4, -0.2) is 29.2 Å². The first-order valence-electron chi connectivity index (χ1n) is 6.73. The van der Waals surface area contributed by atoms with Crippen molar-refractivity contribution in [1.29, 1.82) is 0 Å². The highest BCUT2D eigenvalue weighted by atomic mass is 16.4. The van der Waals surface area contributed by atoms with E-state index in [2.05, 4.69) is 24.5 Å². The first-order chi connectivity index (χ1) is 8.44.